The molecule has 0 rings (SSSR count). The minimum atomic E-state index is -1.02. The van der Waals surface area contributed by atoms with E-state index < -0.39 is 36.2 Å². The van der Waals surface area contributed by atoms with E-state index in [-0.39, 0.29) is 69.5 Å². The average Bonchev–Trinajstić information content (AvgIpc) is 3.07. The first-order valence-electron chi connectivity index (χ1n) is 15.2. The molecule has 0 aromatic rings. The van der Waals surface area contributed by atoms with Crippen LogP contribution in [0.1, 0.15) is 52.4 Å². The number of thioether (sulfide) groups is 2. The number of carbonyl (C=O) groups is 4. The second-order valence-corrected chi connectivity index (χ2v) is 13.7. The lowest BCUT2D eigenvalue weighted by Crippen LogP contribution is -2.27. The summed E-state index contributed by atoms with van der Waals surface area (Å²) in [6.07, 6.45) is 6.50. The number of esters is 2. The number of hydrogen-bond donors (Lipinski definition) is 2. The minimum absolute atomic E-state index is 0.0365. The van der Waals surface area contributed by atoms with Crippen molar-refractivity contribution in [3.05, 3.63) is 0 Å². The molecule has 2 atom stereocenters. The number of unbranched alkanes of at least 4 members (excludes halogenated alkanes) is 2. The van der Waals surface area contributed by atoms with Crippen molar-refractivity contribution < 1.29 is 57.3 Å². The molecular weight excluding hydrogens is 688 g/mol. The number of hydrogen-bond acceptors (Lipinski definition) is 18. The van der Waals surface area contributed by atoms with Gasteiger partial charge in [0.15, 0.2) is 12.1 Å². The first kappa shape index (κ1) is 44.7. The standard InChI is InChI=1S/C29H42N6O12S2/c1-29(2,48-17-15-46-27(42)32-9-5-3-7-23(34-21-38)25(40)44-13-11-30-19-36)49-18-16-47-28(43)33-10-6-4-8-24(35-22-39)26(41)45-14-12-31-20-37/h23-24H,3-18H2,1-2H3,(H,32,42)(H,33,43). The van der Waals surface area contributed by atoms with Crippen LogP contribution in [0.15, 0.2) is 20.0 Å². The summed E-state index contributed by atoms with van der Waals surface area (Å²) in [5.74, 6) is -0.384. The van der Waals surface area contributed by atoms with Crippen molar-refractivity contribution in [1.29, 1.82) is 0 Å². The zero-order valence-corrected chi connectivity index (χ0v) is 29.1. The van der Waals surface area contributed by atoms with Gasteiger partial charge in [-0.25, -0.2) is 48.3 Å². The van der Waals surface area contributed by atoms with Gasteiger partial charge in [-0.2, -0.15) is 9.98 Å². The number of aliphatic imine (C=N–C) groups is 4. The fraction of sp³-hybridized carbons (Fsp3) is 0.724. The molecule has 0 aliphatic carbocycles. The van der Waals surface area contributed by atoms with Crippen molar-refractivity contribution >= 4 is 72.0 Å². The van der Waals surface area contributed by atoms with E-state index in [0.29, 0.717) is 37.2 Å². The monoisotopic (exact) mass is 730 g/mol. The molecule has 0 radical (unpaired) electrons. The third-order valence-electron chi connectivity index (χ3n) is 5.86. The Balaban J connectivity index is 4.01. The zero-order valence-electron chi connectivity index (χ0n) is 27.5. The summed E-state index contributed by atoms with van der Waals surface area (Å²) in [5.41, 5.74) is 0. The molecule has 18 nitrogen and oxygen atoms in total. The molecule has 2 unspecified atom stereocenters. The molecule has 2 amide bonds. The van der Waals surface area contributed by atoms with Crippen LogP contribution in [0.25, 0.3) is 0 Å². The molecule has 49 heavy (non-hydrogen) atoms. The Morgan fingerprint density at radius 2 is 1.02 bits per heavy atom. The van der Waals surface area contributed by atoms with Gasteiger partial charge < -0.3 is 29.6 Å². The van der Waals surface area contributed by atoms with Gasteiger partial charge in [0, 0.05) is 24.6 Å². The van der Waals surface area contributed by atoms with E-state index in [0.717, 1.165) is 0 Å². The highest BCUT2D eigenvalue weighted by atomic mass is 32.2. The van der Waals surface area contributed by atoms with Crippen LogP contribution in [-0.4, -0.2) is 129 Å². The van der Waals surface area contributed by atoms with Crippen LogP contribution in [-0.2, 0) is 47.7 Å². The van der Waals surface area contributed by atoms with Crippen LogP contribution in [0.4, 0.5) is 9.59 Å². The third kappa shape index (κ3) is 26.4. The van der Waals surface area contributed by atoms with E-state index in [2.05, 4.69) is 30.6 Å². The summed E-state index contributed by atoms with van der Waals surface area (Å²) < 4.78 is 19.9. The largest absolute Gasteiger partial charge is 0.462 e. The Labute approximate surface area is 292 Å². The lowest BCUT2D eigenvalue weighted by atomic mass is 10.1. The van der Waals surface area contributed by atoms with Gasteiger partial charge in [0.2, 0.25) is 24.3 Å². The molecule has 20 heteroatoms. The quantitative estimate of drug-likeness (QED) is 0.0293. The number of ether oxygens (including phenoxy) is 4. The second-order valence-electron chi connectivity index (χ2n) is 9.97. The molecule has 0 aromatic heterocycles. The molecule has 0 bridgehead atoms. The van der Waals surface area contributed by atoms with Crippen molar-refractivity contribution in [3.8, 4) is 0 Å². The molecule has 0 aliphatic rings. The maximum Gasteiger partial charge on any atom is 0.407 e. The van der Waals surface area contributed by atoms with Crippen molar-refractivity contribution in [2.24, 2.45) is 20.0 Å². The topological polar surface area (TPSA) is 247 Å². The second kappa shape index (κ2) is 29.8. The molecule has 272 valence electrons. The number of rotatable bonds is 28. The summed E-state index contributed by atoms with van der Waals surface area (Å²) >= 11 is 3.14. The van der Waals surface area contributed by atoms with Crippen LogP contribution in [0.5, 0.6) is 0 Å². The number of alkyl carbamates (subject to hydrolysis) is 2. The van der Waals surface area contributed by atoms with E-state index in [1.165, 1.54) is 24.3 Å². The number of nitrogens with one attached hydrogen (secondary N) is 2. The Morgan fingerprint density at radius 1 is 0.612 bits per heavy atom. The molecule has 0 aliphatic heterocycles. The highest BCUT2D eigenvalue weighted by molar-refractivity contribution is 8.18. The van der Waals surface area contributed by atoms with Gasteiger partial charge in [-0.3, -0.25) is 0 Å². The molecule has 0 aromatic carbocycles. The number of amides is 2. The summed E-state index contributed by atoms with van der Waals surface area (Å²) in [6.45, 7) is 4.59. The maximum atomic E-state index is 11.9. The Kier molecular flexibility index (Phi) is 27.2. The summed E-state index contributed by atoms with van der Waals surface area (Å²) in [7, 11) is 0. The first-order valence-corrected chi connectivity index (χ1v) is 17.2. The maximum absolute atomic E-state index is 11.9. The van der Waals surface area contributed by atoms with Gasteiger partial charge in [-0.1, -0.05) is 0 Å². The SMILES string of the molecule is CC(C)(SCCOC(=O)NCCCCC(N=C=O)C(=O)OCCN=C=O)SCCOC(=O)NCCCCC(N=C=O)C(=O)OCCN=C=O. The lowest BCUT2D eigenvalue weighted by Gasteiger charge is -2.23. The molecule has 0 saturated carbocycles. The molecule has 0 spiro atoms. The fourth-order valence-corrected chi connectivity index (χ4v) is 5.71. The molecule has 0 fully saturated rings. The normalized spacial score (nSPS) is 11.5. The van der Waals surface area contributed by atoms with E-state index >= 15 is 0 Å². The lowest BCUT2D eigenvalue weighted by molar-refractivity contribution is -0.145. The van der Waals surface area contributed by atoms with E-state index in [1.54, 1.807) is 23.5 Å². The van der Waals surface area contributed by atoms with E-state index in [1.807, 2.05) is 13.8 Å². The van der Waals surface area contributed by atoms with Crippen LogP contribution in [0.3, 0.4) is 0 Å². The predicted octanol–water partition coefficient (Wildman–Crippen LogP) is 2.15. The van der Waals surface area contributed by atoms with Crippen LogP contribution in [0, 0.1) is 0 Å². The summed E-state index contributed by atoms with van der Waals surface area (Å²) in [4.78, 5) is 102. The highest BCUT2D eigenvalue weighted by Gasteiger charge is 2.21. The van der Waals surface area contributed by atoms with Gasteiger partial charge in [-0.05, 0) is 52.4 Å². The van der Waals surface area contributed by atoms with Gasteiger partial charge in [0.1, 0.15) is 26.4 Å². The predicted molar refractivity (Wildman–Crippen MR) is 177 cm³/mol. The molecule has 2 N–H and O–H groups in total. The van der Waals surface area contributed by atoms with Crippen LogP contribution < -0.4 is 10.6 Å². The Bertz CT molecular complexity index is 1120. The first-order chi connectivity index (χ1) is 23.6. The summed E-state index contributed by atoms with van der Waals surface area (Å²) in [5, 5.41) is 5.22. The van der Waals surface area contributed by atoms with Crippen molar-refractivity contribution in [2.45, 2.75) is 68.5 Å². The van der Waals surface area contributed by atoms with Gasteiger partial charge in [0.05, 0.1) is 17.2 Å². The fourth-order valence-electron chi connectivity index (χ4n) is 3.56. The molecule has 0 saturated heterocycles. The number of nitrogens with zero attached hydrogens (tertiary/aromatic N) is 4. The van der Waals surface area contributed by atoms with Gasteiger partial charge in [-0.15, -0.1) is 23.5 Å². The molecule has 0 heterocycles. The van der Waals surface area contributed by atoms with Crippen LogP contribution >= 0.6 is 23.5 Å². The highest BCUT2D eigenvalue weighted by Crippen LogP contribution is 2.35. The van der Waals surface area contributed by atoms with Crippen molar-refractivity contribution in [2.75, 3.05) is 64.1 Å². The van der Waals surface area contributed by atoms with Gasteiger partial charge in [0.25, 0.3) is 0 Å². The van der Waals surface area contributed by atoms with E-state index in [4.69, 9.17) is 18.9 Å². The Morgan fingerprint density at radius 3 is 1.39 bits per heavy atom. The third-order valence-corrected chi connectivity index (χ3v) is 8.70. The average molecular weight is 731 g/mol. The van der Waals surface area contributed by atoms with Gasteiger partial charge >= 0.3 is 24.1 Å². The smallest absolute Gasteiger partial charge is 0.407 e. The number of isocyanates is 4. The summed E-state index contributed by atoms with van der Waals surface area (Å²) in [6, 6.07) is -2.05. The molecular formula is C29H42N6O12S2. The van der Waals surface area contributed by atoms with Crippen molar-refractivity contribution in [1.82, 2.24) is 10.6 Å². The van der Waals surface area contributed by atoms with Crippen LogP contribution in [0.2, 0.25) is 0 Å². The van der Waals surface area contributed by atoms with Crippen molar-refractivity contribution in [3.63, 3.8) is 0 Å². The zero-order chi connectivity index (χ0) is 36.6. The Hall–Kier alpha value is -4.30. The number of carbonyl (C=O) groups excluding carboxylic acids is 8. The van der Waals surface area contributed by atoms with E-state index in [9.17, 15) is 38.4 Å². The minimum Gasteiger partial charge on any atom is -0.462 e.